The molecular weight excluding hydrogens is 200 g/mol. The lowest BCUT2D eigenvalue weighted by molar-refractivity contribution is 0.0949. The molecule has 2 saturated carbocycles. The maximum Gasteiger partial charge on any atom is 0.251 e. The Hall–Kier alpha value is -1.35. The van der Waals surface area contributed by atoms with Gasteiger partial charge >= 0.3 is 0 Å². The maximum atomic E-state index is 12.0. The van der Waals surface area contributed by atoms with Crippen LogP contribution in [0.15, 0.2) is 24.3 Å². The van der Waals surface area contributed by atoms with Gasteiger partial charge in [0.2, 0.25) is 0 Å². The van der Waals surface area contributed by atoms with Gasteiger partial charge in [0, 0.05) is 17.1 Å². The Morgan fingerprint density at radius 3 is 2.62 bits per heavy atom. The molecule has 0 aromatic heterocycles. The van der Waals surface area contributed by atoms with Gasteiger partial charge in [0.25, 0.3) is 5.91 Å². The lowest BCUT2D eigenvalue weighted by Crippen LogP contribution is -2.30. The van der Waals surface area contributed by atoms with Crippen molar-refractivity contribution in [2.45, 2.75) is 37.3 Å². The number of amides is 1. The van der Waals surface area contributed by atoms with Crippen molar-refractivity contribution in [3.05, 3.63) is 35.4 Å². The minimum absolute atomic E-state index is 0.0369. The molecule has 84 valence electrons. The Bertz CT molecular complexity index is 433. The number of nitrogens with two attached hydrogens (primary N) is 1. The first-order chi connectivity index (χ1) is 7.69. The van der Waals surface area contributed by atoms with Gasteiger partial charge in [-0.15, -0.1) is 0 Å². The Balaban J connectivity index is 1.89. The molecule has 0 spiro atoms. The monoisotopic (exact) mass is 216 g/mol. The molecule has 0 unspecified atom stereocenters. The molecule has 0 bridgehead atoms. The molecule has 3 nitrogen and oxygen atoms in total. The molecule has 2 aliphatic rings. The molecule has 0 heterocycles. The van der Waals surface area contributed by atoms with Crippen molar-refractivity contribution in [3.63, 3.8) is 0 Å². The van der Waals surface area contributed by atoms with Crippen molar-refractivity contribution in [2.24, 2.45) is 5.73 Å². The molecule has 2 fully saturated rings. The Morgan fingerprint density at radius 1 is 1.31 bits per heavy atom. The van der Waals surface area contributed by atoms with Crippen LogP contribution in [0.5, 0.6) is 0 Å². The number of rotatable bonds is 3. The molecule has 0 atom stereocenters. The van der Waals surface area contributed by atoms with Crippen LogP contribution in [0.3, 0.4) is 0 Å². The number of benzene rings is 1. The molecule has 0 aliphatic heterocycles. The van der Waals surface area contributed by atoms with E-state index in [-0.39, 0.29) is 11.4 Å². The van der Waals surface area contributed by atoms with E-state index in [9.17, 15) is 4.79 Å². The minimum Gasteiger partial charge on any atom is -0.349 e. The summed E-state index contributed by atoms with van der Waals surface area (Å²) in [6.07, 6.45) is 4.20. The molecule has 3 N–H and O–H groups in total. The molecule has 16 heavy (non-hydrogen) atoms. The van der Waals surface area contributed by atoms with Gasteiger partial charge < -0.3 is 11.1 Å². The SMILES string of the molecule is NC1(c2ccccc2C(=O)NC2CC2)CC1. The van der Waals surface area contributed by atoms with Crippen molar-refractivity contribution < 1.29 is 4.79 Å². The third kappa shape index (κ3) is 1.71. The Labute approximate surface area is 95.0 Å². The molecule has 1 amide bonds. The zero-order chi connectivity index (χ0) is 11.2. The van der Waals surface area contributed by atoms with Crippen molar-refractivity contribution >= 4 is 5.91 Å². The number of nitrogens with one attached hydrogen (secondary N) is 1. The average Bonchev–Trinajstić information content (AvgIpc) is 3.18. The zero-order valence-corrected chi connectivity index (χ0v) is 9.20. The normalized spacial score (nSPS) is 21.6. The maximum absolute atomic E-state index is 12.0. The van der Waals surface area contributed by atoms with Gasteiger partial charge in [0.05, 0.1) is 0 Å². The summed E-state index contributed by atoms with van der Waals surface area (Å²) in [5, 5.41) is 3.02. The third-order valence-electron chi connectivity index (χ3n) is 3.41. The molecule has 2 aliphatic carbocycles. The molecule has 1 aromatic carbocycles. The highest BCUT2D eigenvalue weighted by Gasteiger charge is 2.42. The first kappa shape index (κ1) is 9.85. The van der Waals surface area contributed by atoms with Crippen LogP contribution in [0.4, 0.5) is 0 Å². The lowest BCUT2D eigenvalue weighted by atomic mass is 9.98. The summed E-state index contributed by atoms with van der Waals surface area (Å²) >= 11 is 0. The van der Waals surface area contributed by atoms with Gasteiger partial charge in [-0.25, -0.2) is 0 Å². The molecule has 0 saturated heterocycles. The highest BCUT2D eigenvalue weighted by molar-refractivity contribution is 5.96. The Morgan fingerprint density at radius 2 is 2.00 bits per heavy atom. The van der Waals surface area contributed by atoms with E-state index in [0.29, 0.717) is 6.04 Å². The van der Waals surface area contributed by atoms with E-state index < -0.39 is 0 Å². The molecular formula is C13H16N2O. The summed E-state index contributed by atoms with van der Waals surface area (Å²) < 4.78 is 0. The van der Waals surface area contributed by atoms with Crippen LogP contribution >= 0.6 is 0 Å². The van der Waals surface area contributed by atoms with E-state index in [1.54, 1.807) is 0 Å². The van der Waals surface area contributed by atoms with Crippen molar-refractivity contribution in [2.75, 3.05) is 0 Å². The van der Waals surface area contributed by atoms with Gasteiger partial charge in [-0.3, -0.25) is 4.79 Å². The van der Waals surface area contributed by atoms with Gasteiger partial charge in [-0.05, 0) is 37.3 Å². The summed E-state index contributed by atoms with van der Waals surface area (Å²) in [5.41, 5.74) is 7.70. The smallest absolute Gasteiger partial charge is 0.251 e. The highest BCUT2D eigenvalue weighted by atomic mass is 16.1. The number of hydrogen-bond acceptors (Lipinski definition) is 2. The van der Waals surface area contributed by atoms with E-state index in [1.807, 2.05) is 24.3 Å². The van der Waals surface area contributed by atoms with Crippen LogP contribution in [-0.4, -0.2) is 11.9 Å². The van der Waals surface area contributed by atoms with Crippen LogP contribution in [-0.2, 0) is 5.54 Å². The fraction of sp³-hybridized carbons (Fsp3) is 0.462. The fourth-order valence-corrected chi connectivity index (χ4v) is 2.01. The summed E-state index contributed by atoms with van der Waals surface area (Å²) in [6, 6.07) is 8.11. The highest BCUT2D eigenvalue weighted by Crippen LogP contribution is 2.44. The Kier molecular flexibility index (Phi) is 2.04. The van der Waals surface area contributed by atoms with Crippen LogP contribution in [0.1, 0.15) is 41.6 Å². The third-order valence-corrected chi connectivity index (χ3v) is 3.41. The van der Waals surface area contributed by atoms with Gasteiger partial charge in [-0.2, -0.15) is 0 Å². The van der Waals surface area contributed by atoms with E-state index >= 15 is 0 Å². The minimum atomic E-state index is -0.239. The summed E-state index contributed by atoms with van der Waals surface area (Å²) in [7, 11) is 0. The van der Waals surface area contributed by atoms with Crippen LogP contribution in [0, 0.1) is 0 Å². The fourth-order valence-electron chi connectivity index (χ4n) is 2.01. The second kappa shape index (κ2) is 3.32. The number of carbonyl (C=O) groups is 1. The van der Waals surface area contributed by atoms with Crippen LogP contribution in [0.2, 0.25) is 0 Å². The van der Waals surface area contributed by atoms with Gasteiger partial charge in [-0.1, -0.05) is 18.2 Å². The lowest BCUT2D eigenvalue weighted by Gasteiger charge is -2.14. The standard InChI is InChI=1S/C13H16N2O/c14-13(7-8-13)11-4-2-1-3-10(11)12(16)15-9-5-6-9/h1-4,9H,5-8,14H2,(H,15,16). The van der Waals surface area contributed by atoms with E-state index in [0.717, 1.165) is 36.8 Å². The van der Waals surface area contributed by atoms with Crippen molar-refractivity contribution in [1.29, 1.82) is 0 Å². The molecule has 3 rings (SSSR count). The first-order valence-corrected chi connectivity index (χ1v) is 5.88. The van der Waals surface area contributed by atoms with E-state index in [1.165, 1.54) is 0 Å². The summed E-state index contributed by atoms with van der Waals surface area (Å²) in [4.78, 5) is 12.0. The second-order valence-electron chi connectivity index (χ2n) is 4.95. The molecule has 1 aromatic rings. The quantitative estimate of drug-likeness (QED) is 0.805. The molecule has 3 heteroatoms. The van der Waals surface area contributed by atoms with E-state index in [4.69, 9.17) is 5.73 Å². The van der Waals surface area contributed by atoms with Crippen LogP contribution < -0.4 is 11.1 Å². The van der Waals surface area contributed by atoms with Crippen molar-refractivity contribution in [1.82, 2.24) is 5.32 Å². The van der Waals surface area contributed by atoms with Crippen LogP contribution in [0.25, 0.3) is 0 Å². The zero-order valence-electron chi connectivity index (χ0n) is 9.20. The van der Waals surface area contributed by atoms with Gasteiger partial charge in [0.1, 0.15) is 0 Å². The summed E-state index contributed by atoms with van der Waals surface area (Å²) in [6.45, 7) is 0. The molecule has 0 radical (unpaired) electrons. The number of hydrogen-bond donors (Lipinski definition) is 2. The predicted molar refractivity (Wildman–Crippen MR) is 62.0 cm³/mol. The second-order valence-corrected chi connectivity index (χ2v) is 4.95. The topological polar surface area (TPSA) is 55.1 Å². The first-order valence-electron chi connectivity index (χ1n) is 5.88. The average molecular weight is 216 g/mol. The predicted octanol–water partition coefficient (Wildman–Crippen LogP) is 1.53. The van der Waals surface area contributed by atoms with E-state index in [2.05, 4.69) is 5.32 Å². The summed E-state index contributed by atoms with van der Waals surface area (Å²) in [5.74, 6) is 0.0369. The van der Waals surface area contributed by atoms with Crippen molar-refractivity contribution in [3.8, 4) is 0 Å². The number of carbonyl (C=O) groups excluding carboxylic acids is 1. The van der Waals surface area contributed by atoms with Gasteiger partial charge in [0.15, 0.2) is 0 Å². The largest absolute Gasteiger partial charge is 0.349 e.